The number of aromatic amines is 1. The summed E-state index contributed by atoms with van der Waals surface area (Å²) in [5.74, 6) is 1.57. The molecule has 1 fully saturated rings. The lowest BCUT2D eigenvalue weighted by Crippen LogP contribution is -2.35. The van der Waals surface area contributed by atoms with Crippen molar-refractivity contribution in [2.24, 2.45) is 0 Å². The van der Waals surface area contributed by atoms with Crippen LogP contribution in [0.1, 0.15) is 43.1 Å². The largest absolute Gasteiger partial charge is 0.508 e. The van der Waals surface area contributed by atoms with E-state index in [2.05, 4.69) is 32.4 Å². The SMILES string of the molecule is CC(c1ccc(O)cc1)N1CCC(c2nn[nH]n2)CC1. The Hall–Kier alpha value is -1.95. The van der Waals surface area contributed by atoms with Crippen molar-refractivity contribution in [2.45, 2.75) is 31.7 Å². The molecular formula is C14H19N5O. The van der Waals surface area contributed by atoms with E-state index in [0.29, 0.717) is 17.7 Å². The summed E-state index contributed by atoms with van der Waals surface area (Å²) in [6.45, 7) is 4.27. The normalized spacial score (nSPS) is 19.1. The summed E-state index contributed by atoms with van der Waals surface area (Å²) in [6, 6.07) is 7.84. The van der Waals surface area contributed by atoms with E-state index in [4.69, 9.17) is 0 Å². The Balaban J connectivity index is 1.61. The van der Waals surface area contributed by atoms with Crippen LogP contribution >= 0.6 is 0 Å². The second-order valence-electron chi connectivity index (χ2n) is 5.35. The van der Waals surface area contributed by atoms with Crippen molar-refractivity contribution in [1.29, 1.82) is 0 Å². The van der Waals surface area contributed by atoms with E-state index in [1.54, 1.807) is 12.1 Å². The highest BCUT2D eigenvalue weighted by Crippen LogP contribution is 2.30. The minimum absolute atomic E-state index is 0.316. The van der Waals surface area contributed by atoms with Gasteiger partial charge in [-0.2, -0.15) is 5.21 Å². The summed E-state index contributed by atoms with van der Waals surface area (Å²) in [7, 11) is 0. The van der Waals surface area contributed by atoms with Gasteiger partial charge in [-0.25, -0.2) is 0 Å². The molecule has 106 valence electrons. The zero-order chi connectivity index (χ0) is 13.9. The summed E-state index contributed by atoms with van der Waals surface area (Å²) in [5, 5.41) is 23.7. The number of H-pyrrole nitrogens is 1. The van der Waals surface area contributed by atoms with Gasteiger partial charge < -0.3 is 5.11 Å². The summed E-state index contributed by atoms with van der Waals surface area (Å²) in [6.07, 6.45) is 2.11. The second kappa shape index (κ2) is 5.58. The molecule has 0 bridgehead atoms. The summed E-state index contributed by atoms with van der Waals surface area (Å²) in [5.41, 5.74) is 1.24. The van der Waals surface area contributed by atoms with Gasteiger partial charge in [0.25, 0.3) is 0 Å². The van der Waals surface area contributed by atoms with Crippen LogP contribution in [-0.2, 0) is 0 Å². The van der Waals surface area contributed by atoms with Crippen LogP contribution in [0.4, 0.5) is 0 Å². The third-order valence-electron chi connectivity index (χ3n) is 4.18. The first-order valence-electron chi connectivity index (χ1n) is 7.00. The lowest BCUT2D eigenvalue weighted by atomic mass is 9.94. The molecule has 2 heterocycles. The van der Waals surface area contributed by atoms with Crippen LogP contribution in [0.15, 0.2) is 24.3 Å². The highest BCUT2D eigenvalue weighted by molar-refractivity contribution is 5.27. The number of tetrazole rings is 1. The Morgan fingerprint density at radius 1 is 1.25 bits per heavy atom. The molecule has 3 rings (SSSR count). The summed E-state index contributed by atoms with van der Waals surface area (Å²) in [4.78, 5) is 2.46. The first-order chi connectivity index (χ1) is 9.74. The number of likely N-dealkylation sites (tertiary alicyclic amines) is 1. The number of piperidine rings is 1. The maximum absolute atomic E-state index is 9.35. The maximum atomic E-state index is 9.35. The molecule has 1 aromatic carbocycles. The van der Waals surface area contributed by atoms with Crippen molar-refractivity contribution >= 4 is 0 Å². The lowest BCUT2D eigenvalue weighted by molar-refractivity contribution is 0.160. The predicted molar refractivity (Wildman–Crippen MR) is 74.2 cm³/mol. The number of aromatic hydroxyl groups is 1. The van der Waals surface area contributed by atoms with E-state index in [9.17, 15) is 5.11 Å². The van der Waals surface area contributed by atoms with Crippen molar-refractivity contribution in [3.63, 3.8) is 0 Å². The van der Waals surface area contributed by atoms with E-state index in [1.165, 1.54) is 5.56 Å². The minimum atomic E-state index is 0.316. The van der Waals surface area contributed by atoms with Crippen LogP contribution in [0, 0.1) is 0 Å². The molecule has 0 amide bonds. The van der Waals surface area contributed by atoms with Crippen LogP contribution in [0.5, 0.6) is 5.75 Å². The third-order valence-corrected chi connectivity index (χ3v) is 4.18. The van der Waals surface area contributed by atoms with Crippen molar-refractivity contribution in [3.05, 3.63) is 35.7 Å². The molecule has 2 aromatic rings. The van der Waals surface area contributed by atoms with E-state index in [1.807, 2.05) is 12.1 Å². The molecule has 1 atom stereocenters. The average molecular weight is 273 g/mol. The number of phenolic OH excluding ortho intramolecular Hbond substituents is 1. The van der Waals surface area contributed by atoms with Crippen molar-refractivity contribution in [2.75, 3.05) is 13.1 Å². The molecule has 0 spiro atoms. The van der Waals surface area contributed by atoms with Crippen molar-refractivity contribution < 1.29 is 5.11 Å². The van der Waals surface area contributed by atoms with Crippen molar-refractivity contribution in [3.8, 4) is 5.75 Å². The molecule has 1 aliphatic rings. The number of hydrogen-bond donors (Lipinski definition) is 2. The summed E-state index contributed by atoms with van der Waals surface area (Å²) < 4.78 is 0. The first kappa shape index (κ1) is 13.1. The highest BCUT2D eigenvalue weighted by atomic mass is 16.3. The van der Waals surface area contributed by atoms with Crippen LogP contribution in [0.3, 0.4) is 0 Å². The molecule has 1 aromatic heterocycles. The molecular weight excluding hydrogens is 254 g/mol. The van der Waals surface area contributed by atoms with Crippen LogP contribution < -0.4 is 0 Å². The Morgan fingerprint density at radius 3 is 2.55 bits per heavy atom. The maximum Gasteiger partial charge on any atom is 0.177 e. The summed E-state index contributed by atoms with van der Waals surface area (Å²) >= 11 is 0. The standard InChI is InChI=1S/C14H19N5O/c1-10(11-2-4-13(20)5-3-11)19-8-6-12(7-9-19)14-15-17-18-16-14/h2-5,10,12,20H,6-9H2,1H3,(H,15,16,17,18). The molecule has 6 nitrogen and oxygen atoms in total. The van der Waals surface area contributed by atoms with Crippen LogP contribution in [-0.4, -0.2) is 43.7 Å². The number of aromatic nitrogens is 4. The van der Waals surface area contributed by atoms with Crippen LogP contribution in [0.2, 0.25) is 0 Å². The van der Waals surface area contributed by atoms with Gasteiger partial charge in [0.15, 0.2) is 5.82 Å². The Kier molecular flexibility index (Phi) is 3.64. The van der Waals surface area contributed by atoms with Gasteiger partial charge in [0.2, 0.25) is 0 Å². The Bertz CT molecular complexity index is 531. The minimum Gasteiger partial charge on any atom is -0.508 e. The fraction of sp³-hybridized carbons (Fsp3) is 0.500. The zero-order valence-corrected chi connectivity index (χ0v) is 11.5. The molecule has 0 aliphatic carbocycles. The van der Waals surface area contributed by atoms with Gasteiger partial charge in [-0.3, -0.25) is 4.90 Å². The van der Waals surface area contributed by atoms with E-state index in [-0.39, 0.29) is 0 Å². The quantitative estimate of drug-likeness (QED) is 0.892. The molecule has 1 saturated heterocycles. The number of phenols is 1. The monoisotopic (exact) mass is 273 g/mol. The number of nitrogens with one attached hydrogen (secondary N) is 1. The Labute approximate surface area is 117 Å². The lowest BCUT2D eigenvalue weighted by Gasteiger charge is -2.35. The highest BCUT2D eigenvalue weighted by Gasteiger charge is 2.26. The Morgan fingerprint density at radius 2 is 1.95 bits per heavy atom. The van der Waals surface area contributed by atoms with Gasteiger partial charge in [-0.05, 0) is 50.6 Å². The second-order valence-corrected chi connectivity index (χ2v) is 5.35. The van der Waals surface area contributed by atoms with Crippen molar-refractivity contribution in [1.82, 2.24) is 25.5 Å². The molecule has 6 heteroatoms. The zero-order valence-electron chi connectivity index (χ0n) is 11.5. The average Bonchev–Trinajstić information content (AvgIpc) is 3.02. The van der Waals surface area contributed by atoms with E-state index < -0.39 is 0 Å². The molecule has 1 aliphatic heterocycles. The van der Waals surface area contributed by atoms with Gasteiger partial charge in [-0.15, -0.1) is 10.2 Å². The van der Waals surface area contributed by atoms with Gasteiger partial charge in [-0.1, -0.05) is 17.3 Å². The van der Waals surface area contributed by atoms with Gasteiger partial charge in [0.05, 0.1) is 0 Å². The molecule has 0 saturated carbocycles. The predicted octanol–water partition coefficient (Wildman–Crippen LogP) is 1.85. The van der Waals surface area contributed by atoms with Gasteiger partial charge in [0.1, 0.15) is 5.75 Å². The van der Waals surface area contributed by atoms with E-state index in [0.717, 1.165) is 31.8 Å². The molecule has 20 heavy (non-hydrogen) atoms. The molecule has 0 radical (unpaired) electrons. The van der Waals surface area contributed by atoms with E-state index >= 15 is 0 Å². The number of rotatable bonds is 3. The molecule has 2 N–H and O–H groups in total. The fourth-order valence-electron chi connectivity index (χ4n) is 2.85. The topological polar surface area (TPSA) is 77.9 Å². The van der Waals surface area contributed by atoms with Gasteiger partial charge >= 0.3 is 0 Å². The first-order valence-corrected chi connectivity index (χ1v) is 7.00. The number of hydrogen-bond acceptors (Lipinski definition) is 5. The van der Waals surface area contributed by atoms with Crippen LogP contribution in [0.25, 0.3) is 0 Å². The smallest absolute Gasteiger partial charge is 0.177 e. The van der Waals surface area contributed by atoms with Gasteiger partial charge in [0, 0.05) is 12.0 Å². The molecule has 1 unspecified atom stereocenters. The number of nitrogens with zero attached hydrogens (tertiary/aromatic N) is 4. The number of benzene rings is 1. The third kappa shape index (κ3) is 2.65. The fourth-order valence-corrected chi connectivity index (χ4v) is 2.85.